The van der Waals surface area contributed by atoms with E-state index in [2.05, 4.69) is 10.3 Å². The van der Waals surface area contributed by atoms with Gasteiger partial charge < -0.3 is 15.8 Å². The normalized spacial score (nSPS) is 11.8. The van der Waals surface area contributed by atoms with Crippen LogP contribution >= 0.6 is 11.6 Å². The number of benzene rings is 3. The molecule has 0 amide bonds. The third kappa shape index (κ3) is 4.18. The lowest BCUT2D eigenvalue weighted by atomic mass is 9.98. The number of pyridine rings is 1. The van der Waals surface area contributed by atoms with E-state index < -0.39 is 17.8 Å². The second-order valence-corrected chi connectivity index (χ2v) is 7.78. The van der Waals surface area contributed by atoms with Crippen LogP contribution in [-0.4, -0.2) is 28.3 Å². The van der Waals surface area contributed by atoms with Gasteiger partial charge in [-0.25, -0.2) is 9.37 Å². The van der Waals surface area contributed by atoms with Crippen LogP contribution in [0.3, 0.4) is 0 Å². The molecule has 0 aliphatic rings. The largest absolute Gasteiger partial charge is 0.480 e. The number of nitrogens with one attached hydrogen (secondary N) is 2. The Balaban J connectivity index is 1.87. The van der Waals surface area contributed by atoms with Crippen LogP contribution < -0.4 is 5.32 Å². The predicted octanol–water partition coefficient (Wildman–Crippen LogP) is 6.24. The van der Waals surface area contributed by atoms with Gasteiger partial charge in [0.15, 0.2) is 0 Å². The van der Waals surface area contributed by atoms with Gasteiger partial charge in [0.2, 0.25) is 0 Å². The van der Waals surface area contributed by atoms with Gasteiger partial charge in [0.1, 0.15) is 11.9 Å². The summed E-state index contributed by atoms with van der Waals surface area (Å²) in [5.74, 6) is -1.53. The second-order valence-electron chi connectivity index (χ2n) is 7.35. The first kappa shape index (κ1) is 21.5. The summed E-state index contributed by atoms with van der Waals surface area (Å²) in [6, 6.07) is 18.3. The van der Waals surface area contributed by atoms with Gasteiger partial charge >= 0.3 is 5.97 Å². The van der Waals surface area contributed by atoms with Crippen molar-refractivity contribution in [1.82, 2.24) is 4.98 Å². The topological polar surface area (TPSA) is 86.1 Å². The Morgan fingerprint density at radius 2 is 1.81 bits per heavy atom. The smallest absolute Gasteiger partial charge is 0.325 e. The summed E-state index contributed by atoms with van der Waals surface area (Å²) >= 11 is 6.10. The molecule has 3 aromatic carbocycles. The van der Waals surface area contributed by atoms with Crippen LogP contribution in [0.25, 0.3) is 33.3 Å². The molecule has 0 bridgehead atoms. The maximum atomic E-state index is 14.0. The Morgan fingerprint density at radius 3 is 2.47 bits per heavy atom. The van der Waals surface area contributed by atoms with Crippen LogP contribution in [0.2, 0.25) is 5.02 Å². The molecular formula is C25H19ClFN3O2. The number of halogens is 2. The Morgan fingerprint density at radius 1 is 1.09 bits per heavy atom. The summed E-state index contributed by atoms with van der Waals surface area (Å²) in [6.45, 7) is 1.49. The van der Waals surface area contributed by atoms with E-state index in [4.69, 9.17) is 17.0 Å². The third-order valence-corrected chi connectivity index (χ3v) is 5.41. The average Bonchev–Trinajstić information content (AvgIpc) is 2.79. The van der Waals surface area contributed by atoms with Gasteiger partial charge in [-0.05, 0) is 48.4 Å². The van der Waals surface area contributed by atoms with E-state index in [-0.39, 0.29) is 0 Å². The first-order chi connectivity index (χ1) is 15.4. The van der Waals surface area contributed by atoms with Gasteiger partial charge in [-0.1, -0.05) is 48.0 Å². The summed E-state index contributed by atoms with van der Waals surface area (Å²) in [6.07, 6.45) is 1.11. The van der Waals surface area contributed by atoms with Crippen molar-refractivity contribution in [2.75, 3.05) is 5.32 Å². The molecule has 0 spiro atoms. The number of aromatic nitrogens is 1. The number of aliphatic carboxylic acids is 1. The number of hydrogen-bond acceptors (Lipinski definition) is 4. The van der Waals surface area contributed by atoms with E-state index in [0.717, 1.165) is 22.9 Å². The zero-order valence-electron chi connectivity index (χ0n) is 17.1. The summed E-state index contributed by atoms with van der Waals surface area (Å²) in [4.78, 5) is 16.1. The minimum Gasteiger partial charge on any atom is -0.480 e. The zero-order chi connectivity index (χ0) is 22.8. The number of nitrogens with zero attached hydrogens (tertiary/aromatic N) is 1. The highest BCUT2D eigenvalue weighted by Crippen LogP contribution is 2.35. The van der Waals surface area contributed by atoms with E-state index >= 15 is 0 Å². The van der Waals surface area contributed by atoms with E-state index in [1.165, 1.54) is 19.1 Å². The van der Waals surface area contributed by atoms with Crippen molar-refractivity contribution in [3.63, 3.8) is 0 Å². The first-order valence-electron chi connectivity index (χ1n) is 9.87. The predicted molar refractivity (Wildman–Crippen MR) is 126 cm³/mol. The lowest BCUT2D eigenvalue weighted by Gasteiger charge is -2.18. The van der Waals surface area contributed by atoms with Crippen molar-refractivity contribution in [1.29, 1.82) is 5.41 Å². The minimum atomic E-state index is -1.06. The van der Waals surface area contributed by atoms with E-state index in [9.17, 15) is 14.3 Å². The van der Waals surface area contributed by atoms with Gasteiger partial charge in [-0.15, -0.1) is 0 Å². The lowest BCUT2D eigenvalue weighted by Crippen LogP contribution is -2.26. The molecule has 0 aliphatic carbocycles. The van der Waals surface area contributed by atoms with Crippen molar-refractivity contribution in [2.24, 2.45) is 0 Å². The van der Waals surface area contributed by atoms with Crippen molar-refractivity contribution < 1.29 is 14.3 Å². The molecule has 4 rings (SSSR count). The lowest BCUT2D eigenvalue weighted by molar-refractivity contribution is -0.137. The fourth-order valence-corrected chi connectivity index (χ4v) is 3.72. The Hall–Kier alpha value is -3.77. The highest BCUT2D eigenvalue weighted by molar-refractivity contribution is 6.30. The van der Waals surface area contributed by atoms with Gasteiger partial charge in [0.05, 0.1) is 16.9 Å². The molecule has 4 aromatic rings. The molecule has 3 N–H and O–H groups in total. The highest BCUT2D eigenvalue weighted by Gasteiger charge is 2.19. The summed E-state index contributed by atoms with van der Waals surface area (Å²) in [5, 5.41) is 21.3. The van der Waals surface area contributed by atoms with Crippen molar-refractivity contribution in [3.8, 4) is 22.4 Å². The van der Waals surface area contributed by atoms with E-state index in [1.54, 1.807) is 6.07 Å². The molecule has 32 heavy (non-hydrogen) atoms. The molecule has 0 radical (unpaired) electrons. The zero-order valence-corrected chi connectivity index (χ0v) is 17.8. The van der Waals surface area contributed by atoms with Crippen LogP contribution in [0.5, 0.6) is 0 Å². The van der Waals surface area contributed by atoms with Crippen molar-refractivity contribution in [3.05, 3.63) is 83.1 Å². The molecule has 7 heteroatoms. The molecule has 0 saturated heterocycles. The molecule has 1 aromatic heterocycles. The number of carbonyl (C=O) groups is 1. The molecule has 160 valence electrons. The minimum absolute atomic E-state index is 0.355. The van der Waals surface area contributed by atoms with E-state index in [0.29, 0.717) is 32.9 Å². The first-order valence-corrected chi connectivity index (χ1v) is 10.2. The van der Waals surface area contributed by atoms with Crippen LogP contribution in [0.1, 0.15) is 12.5 Å². The SMILES string of the molecule is CC(Nc1c(C=N)c(-c2ccc(-c3cccc(Cl)c3)cc2)nc2ccc(F)cc12)C(=O)O. The van der Waals surface area contributed by atoms with Crippen molar-refractivity contribution >= 4 is 40.4 Å². The number of hydrogen-bond donors (Lipinski definition) is 3. The van der Waals surface area contributed by atoms with Crippen LogP contribution in [0.4, 0.5) is 10.1 Å². The maximum Gasteiger partial charge on any atom is 0.325 e. The van der Waals surface area contributed by atoms with Gasteiger partial charge in [0, 0.05) is 27.8 Å². The standard InChI is InChI=1S/C25H19ClFN3O2/c1-14(25(31)32)29-24-20-12-19(27)9-10-22(20)30-23(21(24)13-28)16-7-5-15(6-8-16)17-3-2-4-18(26)11-17/h2-14,28H,1H3,(H,29,30)(H,31,32). The van der Waals surface area contributed by atoms with Gasteiger partial charge in [-0.3, -0.25) is 4.79 Å². The Labute approximate surface area is 189 Å². The number of rotatable bonds is 6. The number of carboxylic acids is 1. The monoisotopic (exact) mass is 447 g/mol. The quantitative estimate of drug-likeness (QED) is 0.305. The molecule has 0 saturated carbocycles. The summed E-state index contributed by atoms with van der Waals surface area (Å²) < 4.78 is 14.0. The van der Waals surface area contributed by atoms with Crippen LogP contribution in [0, 0.1) is 11.2 Å². The molecule has 5 nitrogen and oxygen atoms in total. The molecule has 0 aliphatic heterocycles. The maximum absolute atomic E-state index is 14.0. The van der Waals surface area contributed by atoms with Crippen LogP contribution in [0.15, 0.2) is 66.7 Å². The summed E-state index contributed by atoms with van der Waals surface area (Å²) in [7, 11) is 0. The van der Waals surface area contributed by atoms with Gasteiger partial charge in [0.25, 0.3) is 0 Å². The fourth-order valence-electron chi connectivity index (χ4n) is 3.53. The molecular weight excluding hydrogens is 429 g/mol. The van der Waals surface area contributed by atoms with Crippen molar-refractivity contribution in [2.45, 2.75) is 13.0 Å². The second kappa shape index (κ2) is 8.77. The highest BCUT2D eigenvalue weighted by atomic mass is 35.5. The molecule has 1 unspecified atom stereocenters. The summed E-state index contributed by atoms with van der Waals surface area (Å²) in [5.41, 5.74) is 4.40. The van der Waals surface area contributed by atoms with Crippen LogP contribution in [-0.2, 0) is 4.79 Å². The molecule has 1 heterocycles. The Bertz CT molecular complexity index is 1340. The van der Waals surface area contributed by atoms with E-state index in [1.807, 2.05) is 48.5 Å². The number of anilines is 1. The van der Waals surface area contributed by atoms with Gasteiger partial charge in [-0.2, -0.15) is 0 Å². The molecule has 1 atom stereocenters. The fraction of sp³-hybridized carbons (Fsp3) is 0.0800. The third-order valence-electron chi connectivity index (χ3n) is 5.18. The number of carboxylic acid groups (broad SMARTS) is 1. The Kier molecular flexibility index (Phi) is 5.88. The average molecular weight is 448 g/mol. The molecule has 0 fully saturated rings. The number of fused-ring (bicyclic) bond motifs is 1.